The lowest BCUT2D eigenvalue weighted by Crippen LogP contribution is -2.31. The van der Waals surface area contributed by atoms with E-state index in [1.165, 1.54) is 33.3 Å². The number of fused-ring (bicyclic) bond motifs is 2. The van der Waals surface area contributed by atoms with Gasteiger partial charge in [-0.25, -0.2) is 4.98 Å². The van der Waals surface area contributed by atoms with Gasteiger partial charge in [-0.3, -0.25) is 0 Å². The Bertz CT molecular complexity index is 927. The Balaban J connectivity index is 0.00000196. The van der Waals surface area contributed by atoms with Crippen LogP contribution in [0.4, 0.5) is 5.82 Å². The summed E-state index contributed by atoms with van der Waals surface area (Å²) in [5, 5.41) is 1.33. The Hall–Kier alpha value is -2.00. The van der Waals surface area contributed by atoms with Crippen LogP contribution in [0.25, 0.3) is 10.9 Å². The summed E-state index contributed by atoms with van der Waals surface area (Å²) < 4.78 is 2.47. The maximum absolute atomic E-state index is 4.81. The van der Waals surface area contributed by atoms with Crippen molar-refractivity contribution in [2.24, 2.45) is 5.92 Å². The van der Waals surface area contributed by atoms with Crippen molar-refractivity contribution < 1.29 is 0 Å². The van der Waals surface area contributed by atoms with Crippen LogP contribution < -0.4 is 4.90 Å². The molecule has 1 aromatic carbocycles. The summed E-state index contributed by atoms with van der Waals surface area (Å²) in [4.78, 5) is 7.27. The summed E-state index contributed by atoms with van der Waals surface area (Å²) >= 11 is 0. The minimum absolute atomic E-state index is 0. The molecule has 0 amide bonds. The van der Waals surface area contributed by atoms with Crippen LogP contribution in [0.2, 0.25) is 0 Å². The van der Waals surface area contributed by atoms with Gasteiger partial charge in [0.15, 0.2) is 0 Å². The van der Waals surface area contributed by atoms with E-state index >= 15 is 0 Å². The number of rotatable bonds is 3. The summed E-state index contributed by atoms with van der Waals surface area (Å²) in [6.45, 7) is 12.1. The van der Waals surface area contributed by atoms with Gasteiger partial charge in [-0.1, -0.05) is 38.1 Å². The molecule has 1 aliphatic rings. The molecule has 138 valence electrons. The Morgan fingerprint density at radius 1 is 1.08 bits per heavy atom. The molecule has 2 aromatic heterocycles. The second-order valence-electron chi connectivity index (χ2n) is 7.68. The molecule has 0 bridgehead atoms. The van der Waals surface area contributed by atoms with Crippen LogP contribution in [0.3, 0.4) is 0 Å². The summed E-state index contributed by atoms with van der Waals surface area (Å²) in [6, 6.07) is 11.0. The van der Waals surface area contributed by atoms with Crippen molar-refractivity contribution in [1.82, 2.24) is 9.55 Å². The fourth-order valence-corrected chi connectivity index (χ4v) is 4.11. The molecular weight excluding hydrogens is 342 g/mol. The van der Waals surface area contributed by atoms with Gasteiger partial charge in [0.25, 0.3) is 0 Å². The molecule has 0 unspecified atom stereocenters. The molecule has 3 aromatic rings. The minimum Gasteiger partial charge on any atom is -0.351 e. The number of aromatic nitrogens is 2. The summed E-state index contributed by atoms with van der Waals surface area (Å²) in [7, 11) is 0. The third-order valence-electron chi connectivity index (χ3n) is 5.50. The Kier molecular flexibility index (Phi) is 5.29. The van der Waals surface area contributed by atoms with Crippen LogP contribution in [0.5, 0.6) is 0 Å². The number of anilines is 1. The van der Waals surface area contributed by atoms with Gasteiger partial charge >= 0.3 is 0 Å². The monoisotopic (exact) mass is 369 g/mol. The third-order valence-corrected chi connectivity index (χ3v) is 5.50. The highest BCUT2D eigenvalue weighted by Crippen LogP contribution is 2.34. The highest BCUT2D eigenvalue weighted by Gasteiger charge is 2.22. The smallest absolute Gasteiger partial charge is 0.138 e. The van der Waals surface area contributed by atoms with Gasteiger partial charge in [-0.2, -0.15) is 0 Å². The maximum atomic E-state index is 4.81. The van der Waals surface area contributed by atoms with E-state index in [1.54, 1.807) is 0 Å². The van der Waals surface area contributed by atoms with E-state index in [-0.39, 0.29) is 12.4 Å². The van der Waals surface area contributed by atoms with Crippen LogP contribution in [0, 0.1) is 19.8 Å². The Morgan fingerprint density at radius 2 is 1.81 bits per heavy atom. The molecular formula is C22H28ClN3. The molecule has 0 radical (unpaired) electrons. The Labute approximate surface area is 162 Å². The molecule has 1 aliphatic heterocycles. The van der Waals surface area contributed by atoms with E-state index in [4.69, 9.17) is 4.98 Å². The average Bonchev–Trinajstić information content (AvgIpc) is 2.86. The van der Waals surface area contributed by atoms with Crippen molar-refractivity contribution >= 4 is 29.1 Å². The van der Waals surface area contributed by atoms with E-state index in [2.05, 4.69) is 67.5 Å². The third kappa shape index (κ3) is 3.09. The van der Waals surface area contributed by atoms with Crippen LogP contribution >= 0.6 is 12.4 Å². The van der Waals surface area contributed by atoms with Gasteiger partial charge in [0, 0.05) is 36.9 Å². The second kappa shape index (κ2) is 7.32. The van der Waals surface area contributed by atoms with Crippen molar-refractivity contribution in [1.29, 1.82) is 0 Å². The number of pyridine rings is 1. The molecule has 0 aliphatic carbocycles. The standard InChI is InChI=1S/C22H27N3.ClH/c1-15(2)13-25-17(4)16(3)21-20(25)9-11-23-22(21)24-12-10-18-7-5-6-8-19(18)14-24;/h5-9,11,15H,10,12-14H2,1-4H3;1H. The van der Waals surface area contributed by atoms with E-state index in [1.807, 2.05) is 6.20 Å². The minimum atomic E-state index is 0. The first-order chi connectivity index (χ1) is 12.1. The van der Waals surface area contributed by atoms with E-state index in [0.717, 1.165) is 31.9 Å². The fourth-order valence-electron chi connectivity index (χ4n) is 4.11. The molecule has 26 heavy (non-hydrogen) atoms. The summed E-state index contributed by atoms with van der Waals surface area (Å²) in [6.07, 6.45) is 3.08. The predicted octanol–water partition coefficient (Wildman–Crippen LogP) is 5.29. The van der Waals surface area contributed by atoms with Crippen molar-refractivity contribution in [2.75, 3.05) is 11.4 Å². The molecule has 3 heterocycles. The van der Waals surface area contributed by atoms with Crippen molar-refractivity contribution in [3.63, 3.8) is 0 Å². The molecule has 0 spiro atoms. The van der Waals surface area contributed by atoms with Crippen LogP contribution in [-0.2, 0) is 19.5 Å². The summed E-state index contributed by atoms with van der Waals surface area (Å²) in [5.74, 6) is 1.78. The van der Waals surface area contributed by atoms with Crippen molar-refractivity contribution in [3.05, 3.63) is 58.9 Å². The lowest BCUT2D eigenvalue weighted by Gasteiger charge is -2.30. The quantitative estimate of drug-likeness (QED) is 0.625. The second-order valence-corrected chi connectivity index (χ2v) is 7.68. The van der Waals surface area contributed by atoms with Crippen LogP contribution in [-0.4, -0.2) is 16.1 Å². The van der Waals surface area contributed by atoms with Gasteiger partial charge in [-0.05, 0) is 48.9 Å². The summed E-state index contributed by atoms with van der Waals surface area (Å²) in [5.41, 5.74) is 6.99. The van der Waals surface area contributed by atoms with E-state index < -0.39 is 0 Å². The zero-order valence-electron chi connectivity index (χ0n) is 16.1. The zero-order chi connectivity index (χ0) is 17.6. The Morgan fingerprint density at radius 3 is 2.54 bits per heavy atom. The first kappa shape index (κ1) is 18.8. The molecule has 0 saturated carbocycles. The number of nitrogens with zero attached hydrogens (tertiary/aromatic N) is 3. The van der Waals surface area contributed by atoms with Crippen molar-refractivity contribution in [3.8, 4) is 0 Å². The SMILES string of the molecule is Cc1c(C)n(CC(C)C)c2ccnc(N3CCc4ccccc4C3)c12.Cl. The topological polar surface area (TPSA) is 21.1 Å². The highest BCUT2D eigenvalue weighted by molar-refractivity contribution is 5.94. The van der Waals surface area contributed by atoms with Crippen LogP contribution in [0.1, 0.15) is 36.2 Å². The highest BCUT2D eigenvalue weighted by atomic mass is 35.5. The normalized spacial score (nSPS) is 13.8. The molecule has 3 nitrogen and oxygen atoms in total. The number of aryl methyl sites for hydroxylation is 1. The fraction of sp³-hybridized carbons (Fsp3) is 0.409. The van der Waals surface area contributed by atoms with Crippen molar-refractivity contribution in [2.45, 2.75) is 47.2 Å². The number of hydrogen-bond donors (Lipinski definition) is 0. The molecule has 0 fully saturated rings. The van der Waals surface area contributed by atoms with Gasteiger partial charge in [0.1, 0.15) is 5.82 Å². The lowest BCUT2D eigenvalue weighted by molar-refractivity contribution is 0.527. The first-order valence-corrected chi connectivity index (χ1v) is 9.32. The molecule has 0 atom stereocenters. The molecule has 0 N–H and O–H groups in total. The van der Waals surface area contributed by atoms with Crippen LogP contribution in [0.15, 0.2) is 36.5 Å². The van der Waals surface area contributed by atoms with Gasteiger partial charge in [0.2, 0.25) is 0 Å². The average molecular weight is 370 g/mol. The maximum Gasteiger partial charge on any atom is 0.138 e. The number of halogens is 1. The largest absolute Gasteiger partial charge is 0.351 e. The van der Waals surface area contributed by atoms with Gasteiger partial charge in [0.05, 0.1) is 5.52 Å². The first-order valence-electron chi connectivity index (χ1n) is 9.32. The van der Waals surface area contributed by atoms with E-state index in [9.17, 15) is 0 Å². The molecule has 4 rings (SSSR count). The molecule has 0 saturated heterocycles. The van der Waals surface area contributed by atoms with E-state index in [0.29, 0.717) is 5.92 Å². The van der Waals surface area contributed by atoms with Gasteiger partial charge in [-0.15, -0.1) is 12.4 Å². The predicted molar refractivity (Wildman–Crippen MR) is 112 cm³/mol. The molecule has 4 heteroatoms. The number of hydrogen-bond acceptors (Lipinski definition) is 2. The number of benzene rings is 1. The lowest BCUT2D eigenvalue weighted by atomic mass is 9.99. The zero-order valence-corrected chi connectivity index (χ0v) is 16.9. The van der Waals surface area contributed by atoms with Gasteiger partial charge < -0.3 is 9.47 Å².